The number of aryl methyl sites for hydroxylation is 1. The predicted molar refractivity (Wildman–Crippen MR) is 88.6 cm³/mol. The van der Waals surface area contributed by atoms with Crippen LogP contribution in [0.15, 0.2) is 48.9 Å². The van der Waals surface area contributed by atoms with Crippen LogP contribution in [0.3, 0.4) is 0 Å². The van der Waals surface area contributed by atoms with Crippen molar-refractivity contribution in [3.63, 3.8) is 0 Å². The minimum atomic E-state index is -0.202. The van der Waals surface area contributed by atoms with Gasteiger partial charge in [-0.05, 0) is 30.7 Å². The van der Waals surface area contributed by atoms with Crippen molar-refractivity contribution >= 4 is 23.2 Å². The summed E-state index contributed by atoms with van der Waals surface area (Å²) in [6.07, 6.45) is 5.02. The third-order valence-electron chi connectivity index (χ3n) is 3.37. The molecule has 0 bridgehead atoms. The van der Waals surface area contributed by atoms with Crippen LogP contribution in [-0.4, -0.2) is 25.5 Å². The molecule has 0 aliphatic rings. The second-order valence-corrected chi connectivity index (χ2v) is 5.48. The maximum absolute atomic E-state index is 12.2. The van der Waals surface area contributed by atoms with Gasteiger partial charge in [0, 0.05) is 24.0 Å². The van der Waals surface area contributed by atoms with Crippen LogP contribution < -0.4 is 5.32 Å². The zero-order valence-corrected chi connectivity index (χ0v) is 13.4. The van der Waals surface area contributed by atoms with Crippen LogP contribution in [0.5, 0.6) is 0 Å². The van der Waals surface area contributed by atoms with Gasteiger partial charge in [-0.15, -0.1) is 0 Å². The van der Waals surface area contributed by atoms with Crippen molar-refractivity contribution in [1.82, 2.24) is 19.6 Å². The number of anilines is 1. The molecular weight excluding hydrogens is 314 g/mol. The van der Waals surface area contributed by atoms with Gasteiger partial charge in [0.1, 0.15) is 5.69 Å². The lowest BCUT2D eigenvalue weighted by molar-refractivity contribution is 0.101. The Balaban J connectivity index is 1.69. The van der Waals surface area contributed by atoms with Crippen LogP contribution in [-0.2, 0) is 13.1 Å². The zero-order valence-electron chi connectivity index (χ0n) is 12.6. The number of rotatable bonds is 5. The monoisotopic (exact) mass is 329 g/mol. The van der Waals surface area contributed by atoms with E-state index in [0.717, 1.165) is 5.56 Å². The average molecular weight is 330 g/mol. The molecule has 1 aromatic carbocycles. The summed E-state index contributed by atoms with van der Waals surface area (Å²) in [6, 6.07) is 9.29. The van der Waals surface area contributed by atoms with E-state index in [4.69, 9.17) is 11.6 Å². The van der Waals surface area contributed by atoms with Gasteiger partial charge < -0.3 is 5.32 Å². The van der Waals surface area contributed by atoms with Gasteiger partial charge in [-0.2, -0.15) is 10.2 Å². The van der Waals surface area contributed by atoms with Crippen molar-refractivity contribution in [2.75, 3.05) is 5.32 Å². The Hall–Kier alpha value is -2.60. The smallest absolute Gasteiger partial charge is 0.274 e. The van der Waals surface area contributed by atoms with Crippen molar-refractivity contribution in [3.8, 4) is 0 Å². The molecule has 0 aliphatic carbocycles. The van der Waals surface area contributed by atoms with Gasteiger partial charge in [-0.3, -0.25) is 14.2 Å². The third kappa shape index (κ3) is 3.60. The second-order valence-electron chi connectivity index (χ2n) is 5.04. The molecule has 0 saturated heterocycles. The first kappa shape index (κ1) is 15.3. The molecule has 118 valence electrons. The van der Waals surface area contributed by atoms with Crippen molar-refractivity contribution < 1.29 is 4.79 Å². The summed E-state index contributed by atoms with van der Waals surface area (Å²) in [5.41, 5.74) is 2.21. The van der Waals surface area contributed by atoms with Crippen molar-refractivity contribution in [2.45, 2.75) is 20.0 Å². The highest BCUT2D eigenvalue weighted by molar-refractivity contribution is 6.30. The summed E-state index contributed by atoms with van der Waals surface area (Å²) in [7, 11) is 0. The molecule has 3 aromatic rings. The number of hydrogen-bond acceptors (Lipinski definition) is 3. The molecule has 0 fully saturated rings. The van der Waals surface area contributed by atoms with Crippen LogP contribution in [0.1, 0.15) is 23.0 Å². The second kappa shape index (κ2) is 6.66. The SMILES string of the molecule is CCn1nccc1C(=O)Nc1cnn(Cc2cccc(Cl)c2)c1. The topological polar surface area (TPSA) is 64.7 Å². The number of aromatic nitrogens is 4. The Labute approximate surface area is 138 Å². The summed E-state index contributed by atoms with van der Waals surface area (Å²) < 4.78 is 3.39. The van der Waals surface area contributed by atoms with E-state index in [-0.39, 0.29) is 5.91 Å². The first-order valence-electron chi connectivity index (χ1n) is 7.26. The Kier molecular flexibility index (Phi) is 4.43. The molecule has 6 nitrogen and oxygen atoms in total. The van der Waals surface area contributed by atoms with Gasteiger partial charge >= 0.3 is 0 Å². The fourth-order valence-corrected chi connectivity index (χ4v) is 2.52. The van der Waals surface area contributed by atoms with E-state index in [2.05, 4.69) is 15.5 Å². The minimum absolute atomic E-state index is 0.202. The first-order valence-corrected chi connectivity index (χ1v) is 7.63. The number of halogens is 1. The van der Waals surface area contributed by atoms with Crippen molar-refractivity contribution in [3.05, 3.63) is 65.2 Å². The van der Waals surface area contributed by atoms with E-state index in [1.807, 2.05) is 31.2 Å². The van der Waals surface area contributed by atoms with Crippen LogP contribution in [0.4, 0.5) is 5.69 Å². The van der Waals surface area contributed by atoms with Crippen LogP contribution in [0, 0.1) is 0 Å². The van der Waals surface area contributed by atoms with E-state index >= 15 is 0 Å². The largest absolute Gasteiger partial charge is 0.318 e. The minimum Gasteiger partial charge on any atom is -0.318 e. The highest BCUT2D eigenvalue weighted by Crippen LogP contribution is 2.13. The summed E-state index contributed by atoms with van der Waals surface area (Å²) in [5, 5.41) is 11.9. The molecule has 0 spiro atoms. The number of carbonyl (C=O) groups is 1. The van der Waals surface area contributed by atoms with E-state index in [0.29, 0.717) is 29.5 Å². The predicted octanol–water partition coefficient (Wildman–Crippen LogP) is 3.05. The van der Waals surface area contributed by atoms with Gasteiger partial charge in [-0.25, -0.2) is 0 Å². The zero-order chi connectivity index (χ0) is 16.2. The standard InChI is InChI=1S/C16H16ClN5O/c1-2-22-15(6-7-18-22)16(23)20-14-9-19-21(11-14)10-12-4-3-5-13(17)8-12/h3-9,11H,2,10H2,1H3,(H,20,23). The molecule has 3 rings (SSSR count). The third-order valence-corrected chi connectivity index (χ3v) is 3.61. The lowest BCUT2D eigenvalue weighted by atomic mass is 10.2. The Morgan fingerprint density at radius 1 is 1.30 bits per heavy atom. The Bertz CT molecular complexity index is 823. The summed E-state index contributed by atoms with van der Waals surface area (Å²) >= 11 is 5.98. The van der Waals surface area contributed by atoms with E-state index in [1.165, 1.54) is 0 Å². The lowest BCUT2D eigenvalue weighted by Crippen LogP contribution is -2.17. The first-order chi connectivity index (χ1) is 11.2. The van der Waals surface area contributed by atoms with Crippen molar-refractivity contribution in [1.29, 1.82) is 0 Å². The highest BCUT2D eigenvalue weighted by atomic mass is 35.5. The molecule has 0 unspecified atom stereocenters. The number of amides is 1. The van der Waals surface area contributed by atoms with Gasteiger partial charge in [-0.1, -0.05) is 23.7 Å². The molecule has 0 radical (unpaired) electrons. The number of benzene rings is 1. The molecule has 7 heteroatoms. The summed E-state index contributed by atoms with van der Waals surface area (Å²) in [5.74, 6) is -0.202. The quantitative estimate of drug-likeness (QED) is 0.782. The molecular formula is C16H16ClN5O. The van der Waals surface area contributed by atoms with E-state index < -0.39 is 0 Å². The van der Waals surface area contributed by atoms with Crippen LogP contribution in [0.2, 0.25) is 5.02 Å². The molecule has 2 aromatic heterocycles. The Morgan fingerprint density at radius 3 is 2.96 bits per heavy atom. The molecule has 0 aliphatic heterocycles. The maximum atomic E-state index is 12.2. The number of nitrogens with zero attached hydrogens (tertiary/aromatic N) is 4. The lowest BCUT2D eigenvalue weighted by Gasteiger charge is -2.04. The van der Waals surface area contributed by atoms with E-state index in [1.54, 1.807) is 34.0 Å². The molecule has 0 saturated carbocycles. The maximum Gasteiger partial charge on any atom is 0.274 e. The molecule has 0 atom stereocenters. The van der Waals surface area contributed by atoms with Crippen LogP contribution >= 0.6 is 11.6 Å². The van der Waals surface area contributed by atoms with E-state index in [9.17, 15) is 4.79 Å². The molecule has 2 heterocycles. The molecule has 1 N–H and O–H groups in total. The average Bonchev–Trinajstić information content (AvgIpc) is 3.16. The fourth-order valence-electron chi connectivity index (χ4n) is 2.31. The number of nitrogens with one attached hydrogen (secondary N) is 1. The van der Waals surface area contributed by atoms with Gasteiger partial charge in [0.15, 0.2) is 0 Å². The molecule has 1 amide bonds. The van der Waals surface area contributed by atoms with Crippen molar-refractivity contribution in [2.24, 2.45) is 0 Å². The highest BCUT2D eigenvalue weighted by Gasteiger charge is 2.12. The van der Waals surface area contributed by atoms with Crippen LogP contribution in [0.25, 0.3) is 0 Å². The fraction of sp³-hybridized carbons (Fsp3) is 0.188. The van der Waals surface area contributed by atoms with Gasteiger partial charge in [0.25, 0.3) is 5.91 Å². The van der Waals surface area contributed by atoms with Gasteiger partial charge in [0.2, 0.25) is 0 Å². The number of hydrogen-bond donors (Lipinski definition) is 1. The summed E-state index contributed by atoms with van der Waals surface area (Å²) in [4.78, 5) is 12.2. The normalized spacial score (nSPS) is 10.7. The molecule has 23 heavy (non-hydrogen) atoms. The summed E-state index contributed by atoms with van der Waals surface area (Å²) in [6.45, 7) is 3.17. The Morgan fingerprint density at radius 2 is 2.17 bits per heavy atom. The van der Waals surface area contributed by atoms with Gasteiger partial charge in [0.05, 0.1) is 18.4 Å². The number of carbonyl (C=O) groups excluding carboxylic acids is 1.